The van der Waals surface area contributed by atoms with Gasteiger partial charge in [0.15, 0.2) is 0 Å². The SMILES string of the molecule is COc1cc(Cl)c(N)cc1C(F)(F)F. The van der Waals surface area contributed by atoms with Gasteiger partial charge in [0.05, 0.1) is 23.4 Å². The van der Waals surface area contributed by atoms with Gasteiger partial charge >= 0.3 is 6.18 Å². The molecule has 1 aromatic rings. The number of benzene rings is 1. The number of hydrogen-bond donors (Lipinski definition) is 1. The standard InChI is InChI=1S/C8H7ClF3NO/c1-14-7-3-5(9)6(13)2-4(7)8(10,11)12/h2-3H,13H2,1H3. The van der Waals surface area contributed by atoms with E-state index in [1.807, 2.05) is 0 Å². The number of methoxy groups -OCH3 is 1. The van der Waals surface area contributed by atoms with E-state index in [2.05, 4.69) is 4.74 Å². The van der Waals surface area contributed by atoms with Gasteiger partial charge in [-0.1, -0.05) is 11.6 Å². The van der Waals surface area contributed by atoms with Crippen molar-refractivity contribution in [2.45, 2.75) is 6.18 Å². The Bertz CT molecular complexity index is 351. The highest BCUT2D eigenvalue weighted by Gasteiger charge is 2.34. The summed E-state index contributed by atoms with van der Waals surface area (Å²) in [7, 11) is 1.14. The lowest BCUT2D eigenvalue weighted by molar-refractivity contribution is -0.138. The van der Waals surface area contributed by atoms with Gasteiger partial charge in [0.25, 0.3) is 0 Å². The molecule has 14 heavy (non-hydrogen) atoms. The topological polar surface area (TPSA) is 35.2 Å². The summed E-state index contributed by atoms with van der Waals surface area (Å²) in [6, 6.07) is 1.79. The van der Waals surface area contributed by atoms with Gasteiger partial charge in [-0.15, -0.1) is 0 Å². The summed E-state index contributed by atoms with van der Waals surface area (Å²) in [5.74, 6) is -0.336. The molecule has 0 radical (unpaired) electrons. The molecule has 0 aliphatic rings. The predicted octanol–water partition coefficient (Wildman–Crippen LogP) is 2.95. The molecule has 2 nitrogen and oxygen atoms in total. The molecule has 0 aliphatic carbocycles. The van der Waals surface area contributed by atoms with Crippen LogP contribution in [0.4, 0.5) is 18.9 Å². The predicted molar refractivity (Wildman–Crippen MR) is 47.4 cm³/mol. The van der Waals surface area contributed by atoms with Crippen LogP contribution < -0.4 is 10.5 Å². The van der Waals surface area contributed by atoms with E-state index in [4.69, 9.17) is 17.3 Å². The highest BCUT2D eigenvalue weighted by Crippen LogP contribution is 2.39. The van der Waals surface area contributed by atoms with Crippen LogP contribution in [0.25, 0.3) is 0 Å². The number of nitrogens with two attached hydrogens (primary N) is 1. The zero-order valence-electron chi connectivity index (χ0n) is 7.15. The second-order valence-electron chi connectivity index (χ2n) is 2.57. The molecule has 0 amide bonds. The minimum absolute atomic E-state index is 0.0369. The van der Waals surface area contributed by atoms with Crippen molar-refractivity contribution in [1.29, 1.82) is 0 Å². The van der Waals surface area contributed by atoms with Gasteiger partial charge in [0.1, 0.15) is 5.75 Å². The quantitative estimate of drug-likeness (QED) is 0.746. The Morgan fingerprint density at radius 3 is 2.36 bits per heavy atom. The molecule has 0 bridgehead atoms. The summed E-state index contributed by atoms with van der Waals surface area (Å²) >= 11 is 5.54. The second-order valence-corrected chi connectivity index (χ2v) is 2.98. The maximum Gasteiger partial charge on any atom is 0.420 e. The molecule has 6 heteroatoms. The Morgan fingerprint density at radius 2 is 1.93 bits per heavy atom. The third-order valence-electron chi connectivity index (χ3n) is 1.62. The van der Waals surface area contributed by atoms with Crippen LogP contribution in [0.5, 0.6) is 5.75 Å². The summed E-state index contributed by atoms with van der Waals surface area (Å²) in [5.41, 5.74) is 4.20. The molecular formula is C8H7ClF3NO. The van der Waals surface area contributed by atoms with Crippen molar-refractivity contribution in [3.63, 3.8) is 0 Å². The van der Waals surface area contributed by atoms with Crippen molar-refractivity contribution in [3.05, 3.63) is 22.7 Å². The van der Waals surface area contributed by atoms with Gasteiger partial charge in [0, 0.05) is 6.07 Å². The average Bonchev–Trinajstić information content (AvgIpc) is 2.07. The summed E-state index contributed by atoms with van der Waals surface area (Å²) in [5, 5.41) is 0.0369. The molecule has 0 saturated carbocycles. The fraction of sp³-hybridized carbons (Fsp3) is 0.250. The first-order valence-electron chi connectivity index (χ1n) is 3.56. The van der Waals surface area contributed by atoms with Crippen molar-refractivity contribution in [3.8, 4) is 5.75 Å². The molecule has 0 atom stereocenters. The first-order chi connectivity index (χ1) is 6.36. The number of nitrogen functional groups attached to an aromatic ring is 1. The summed E-state index contributed by atoms with van der Waals surface area (Å²) in [6.07, 6.45) is -4.50. The highest BCUT2D eigenvalue weighted by atomic mass is 35.5. The third kappa shape index (κ3) is 2.04. The van der Waals surface area contributed by atoms with Gasteiger partial charge in [-0.3, -0.25) is 0 Å². The maximum absolute atomic E-state index is 12.4. The Balaban J connectivity index is 3.35. The van der Waals surface area contributed by atoms with Crippen LogP contribution in [0.3, 0.4) is 0 Å². The van der Waals surface area contributed by atoms with Crippen LogP contribution in [0.2, 0.25) is 5.02 Å². The van der Waals surface area contributed by atoms with E-state index in [0.29, 0.717) is 0 Å². The first kappa shape index (κ1) is 11.0. The van der Waals surface area contributed by atoms with Gasteiger partial charge in [0.2, 0.25) is 0 Å². The van der Waals surface area contributed by atoms with Gasteiger partial charge < -0.3 is 10.5 Å². The number of alkyl halides is 3. The van der Waals surface area contributed by atoms with E-state index in [1.54, 1.807) is 0 Å². The average molecular weight is 226 g/mol. The monoisotopic (exact) mass is 225 g/mol. The Kier molecular flexibility index (Phi) is 2.80. The molecule has 2 N–H and O–H groups in total. The molecule has 0 unspecified atom stereocenters. The van der Waals surface area contributed by atoms with E-state index in [1.165, 1.54) is 0 Å². The zero-order chi connectivity index (χ0) is 10.9. The second kappa shape index (κ2) is 3.57. The van der Waals surface area contributed by atoms with Crippen LogP contribution in [-0.4, -0.2) is 7.11 Å². The lowest BCUT2D eigenvalue weighted by atomic mass is 10.1. The summed E-state index contributed by atoms with van der Waals surface area (Å²) in [6.45, 7) is 0. The Hall–Kier alpha value is -1.10. The summed E-state index contributed by atoms with van der Waals surface area (Å²) in [4.78, 5) is 0. The van der Waals surface area contributed by atoms with Crippen molar-refractivity contribution in [1.82, 2.24) is 0 Å². The lowest BCUT2D eigenvalue weighted by Gasteiger charge is -2.13. The minimum atomic E-state index is -4.50. The first-order valence-corrected chi connectivity index (χ1v) is 3.94. The third-order valence-corrected chi connectivity index (χ3v) is 1.95. The van der Waals surface area contributed by atoms with Crippen LogP contribution in [0.1, 0.15) is 5.56 Å². The van der Waals surface area contributed by atoms with Crippen molar-refractivity contribution in [2.24, 2.45) is 0 Å². The fourth-order valence-corrected chi connectivity index (χ4v) is 1.12. The van der Waals surface area contributed by atoms with Gasteiger partial charge in [-0.2, -0.15) is 13.2 Å². The van der Waals surface area contributed by atoms with E-state index >= 15 is 0 Å². The van der Waals surface area contributed by atoms with E-state index in [-0.39, 0.29) is 16.5 Å². The molecular weight excluding hydrogens is 219 g/mol. The Morgan fingerprint density at radius 1 is 1.36 bits per heavy atom. The van der Waals surface area contributed by atoms with Crippen LogP contribution in [0, 0.1) is 0 Å². The fourth-order valence-electron chi connectivity index (χ4n) is 0.962. The normalized spacial score (nSPS) is 11.5. The molecule has 0 fully saturated rings. The molecule has 0 saturated heterocycles. The van der Waals surface area contributed by atoms with Crippen molar-refractivity contribution >= 4 is 17.3 Å². The molecule has 0 heterocycles. The van der Waals surface area contributed by atoms with E-state index in [9.17, 15) is 13.2 Å². The van der Waals surface area contributed by atoms with E-state index < -0.39 is 11.7 Å². The number of ether oxygens (including phenoxy) is 1. The molecule has 0 aliphatic heterocycles. The van der Waals surface area contributed by atoms with Crippen LogP contribution >= 0.6 is 11.6 Å². The van der Waals surface area contributed by atoms with Crippen molar-refractivity contribution in [2.75, 3.05) is 12.8 Å². The van der Waals surface area contributed by atoms with E-state index in [0.717, 1.165) is 19.2 Å². The molecule has 1 rings (SSSR count). The number of hydrogen-bond acceptors (Lipinski definition) is 2. The summed E-state index contributed by atoms with van der Waals surface area (Å²) < 4.78 is 41.7. The molecule has 1 aromatic carbocycles. The number of rotatable bonds is 1. The van der Waals surface area contributed by atoms with Gasteiger partial charge in [-0.25, -0.2) is 0 Å². The lowest BCUT2D eigenvalue weighted by Crippen LogP contribution is -2.08. The van der Waals surface area contributed by atoms with Crippen molar-refractivity contribution < 1.29 is 17.9 Å². The number of anilines is 1. The zero-order valence-corrected chi connectivity index (χ0v) is 7.91. The maximum atomic E-state index is 12.4. The minimum Gasteiger partial charge on any atom is -0.496 e. The van der Waals surface area contributed by atoms with Crippen LogP contribution in [0.15, 0.2) is 12.1 Å². The Labute approximate surface area is 83.4 Å². The van der Waals surface area contributed by atoms with Crippen LogP contribution in [-0.2, 0) is 6.18 Å². The smallest absolute Gasteiger partial charge is 0.420 e. The number of halogens is 4. The van der Waals surface area contributed by atoms with Gasteiger partial charge in [-0.05, 0) is 6.07 Å². The largest absolute Gasteiger partial charge is 0.496 e. The molecule has 0 spiro atoms. The highest BCUT2D eigenvalue weighted by molar-refractivity contribution is 6.33. The molecule has 0 aromatic heterocycles. The molecule has 78 valence electrons.